The minimum Gasteiger partial charge on any atom is -0.329 e. The molecule has 15 heavy (non-hydrogen) atoms. The maximum Gasteiger partial charge on any atom is 0.218 e. The van der Waals surface area contributed by atoms with E-state index in [2.05, 4.69) is 0 Å². The standard InChI is InChI=1S/C10H20N2O2S/c1-2-10(6-11)15(13,14)12-7-8-3-4-9(12)5-8/h8-10H,2-7,11H2,1H3. The van der Waals surface area contributed by atoms with E-state index in [0.717, 1.165) is 19.4 Å². The third kappa shape index (κ3) is 1.81. The second-order valence-corrected chi connectivity index (χ2v) is 6.88. The molecule has 0 radical (unpaired) electrons. The van der Waals surface area contributed by atoms with Crippen LogP contribution in [0.4, 0.5) is 0 Å². The second kappa shape index (κ2) is 4.03. The minimum atomic E-state index is -3.12. The quantitative estimate of drug-likeness (QED) is 0.769. The number of nitrogens with zero attached hydrogens (tertiary/aromatic N) is 1. The van der Waals surface area contributed by atoms with Crippen molar-refractivity contribution in [1.29, 1.82) is 0 Å². The van der Waals surface area contributed by atoms with Crippen molar-refractivity contribution in [2.45, 2.75) is 43.9 Å². The van der Waals surface area contributed by atoms with E-state index in [4.69, 9.17) is 5.73 Å². The highest BCUT2D eigenvalue weighted by Gasteiger charge is 2.45. The van der Waals surface area contributed by atoms with Crippen LogP contribution < -0.4 is 5.73 Å². The first-order valence-electron chi connectivity index (χ1n) is 5.80. The molecule has 2 aliphatic rings. The first kappa shape index (κ1) is 11.4. The van der Waals surface area contributed by atoms with Crippen LogP contribution in [0.15, 0.2) is 0 Å². The van der Waals surface area contributed by atoms with Crippen molar-refractivity contribution in [3.8, 4) is 0 Å². The number of fused-ring (bicyclic) bond motifs is 2. The zero-order valence-corrected chi connectivity index (χ0v) is 10.0. The molecule has 1 aliphatic heterocycles. The third-order valence-corrected chi connectivity index (χ3v) is 6.29. The zero-order valence-electron chi connectivity index (χ0n) is 9.22. The molecule has 0 aromatic rings. The molecule has 2 fully saturated rings. The Morgan fingerprint density at radius 1 is 1.47 bits per heavy atom. The summed E-state index contributed by atoms with van der Waals surface area (Å²) < 4.78 is 26.2. The number of rotatable bonds is 4. The van der Waals surface area contributed by atoms with Gasteiger partial charge in [-0.1, -0.05) is 6.92 Å². The molecule has 0 aromatic heterocycles. The molecule has 88 valence electrons. The van der Waals surface area contributed by atoms with E-state index in [-0.39, 0.29) is 17.8 Å². The van der Waals surface area contributed by atoms with Gasteiger partial charge >= 0.3 is 0 Å². The van der Waals surface area contributed by atoms with Crippen molar-refractivity contribution in [2.24, 2.45) is 11.7 Å². The molecule has 2 N–H and O–H groups in total. The van der Waals surface area contributed by atoms with Crippen LogP contribution in [0.1, 0.15) is 32.6 Å². The normalized spacial score (nSPS) is 33.5. The van der Waals surface area contributed by atoms with Gasteiger partial charge in [-0.3, -0.25) is 0 Å². The van der Waals surface area contributed by atoms with Gasteiger partial charge in [-0.25, -0.2) is 8.42 Å². The Hall–Kier alpha value is -0.130. The van der Waals surface area contributed by atoms with Crippen LogP contribution >= 0.6 is 0 Å². The summed E-state index contributed by atoms with van der Waals surface area (Å²) in [5, 5.41) is -0.378. The van der Waals surface area contributed by atoms with E-state index in [0.29, 0.717) is 12.3 Å². The van der Waals surface area contributed by atoms with E-state index < -0.39 is 10.0 Å². The van der Waals surface area contributed by atoms with Gasteiger partial charge in [0, 0.05) is 19.1 Å². The van der Waals surface area contributed by atoms with Gasteiger partial charge in [0.2, 0.25) is 10.0 Å². The summed E-state index contributed by atoms with van der Waals surface area (Å²) in [4.78, 5) is 0. The molecule has 1 heterocycles. The average Bonchev–Trinajstić information content (AvgIpc) is 2.80. The number of hydrogen-bond donors (Lipinski definition) is 1. The maximum atomic E-state index is 12.2. The zero-order chi connectivity index (χ0) is 11.1. The fourth-order valence-corrected chi connectivity index (χ4v) is 4.95. The Bertz CT molecular complexity index is 324. The lowest BCUT2D eigenvalue weighted by Gasteiger charge is -2.29. The Morgan fingerprint density at radius 3 is 2.60 bits per heavy atom. The summed E-state index contributed by atoms with van der Waals surface area (Å²) >= 11 is 0. The molecule has 1 saturated carbocycles. The van der Waals surface area contributed by atoms with Crippen LogP contribution in [-0.4, -0.2) is 37.1 Å². The van der Waals surface area contributed by atoms with Crippen molar-refractivity contribution < 1.29 is 8.42 Å². The summed E-state index contributed by atoms with van der Waals surface area (Å²) in [6.45, 7) is 2.87. The van der Waals surface area contributed by atoms with E-state index >= 15 is 0 Å². The van der Waals surface area contributed by atoms with Crippen molar-refractivity contribution in [1.82, 2.24) is 4.31 Å². The summed E-state index contributed by atoms with van der Waals surface area (Å²) in [7, 11) is -3.12. The molecule has 1 saturated heterocycles. The lowest BCUT2D eigenvalue weighted by atomic mass is 10.1. The third-order valence-electron chi connectivity index (χ3n) is 3.83. The summed E-state index contributed by atoms with van der Waals surface area (Å²) in [6, 6.07) is 0.278. The number of sulfonamides is 1. The van der Waals surface area contributed by atoms with Crippen LogP contribution in [0, 0.1) is 5.92 Å². The predicted molar refractivity (Wildman–Crippen MR) is 59.9 cm³/mol. The van der Waals surface area contributed by atoms with Gasteiger partial charge in [0.1, 0.15) is 0 Å². The Kier molecular flexibility index (Phi) is 3.05. The number of nitrogens with two attached hydrogens (primary N) is 1. The van der Waals surface area contributed by atoms with Crippen LogP contribution in [0.5, 0.6) is 0 Å². The van der Waals surface area contributed by atoms with E-state index in [1.807, 2.05) is 6.92 Å². The Balaban J connectivity index is 2.16. The van der Waals surface area contributed by atoms with E-state index in [1.165, 1.54) is 6.42 Å². The van der Waals surface area contributed by atoms with Gasteiger partial charge in [0.25, 0.3) is 0 Å². The van der Waals surface area contributed by atoms with Crippen LogP contribution in [-0.2, 0) is 10.0 Å². The van der Waals surface area contributed by atoms with Gasteiger partial charge in [-0.05, 0) is 31.6 Å². The molecule has 1 aliphatic carbocycles. The van der Waals surface area contributed by atoms with Gasteiger partial charge in [0.05, 0.1) is 5.25 Å². The maximum absolute atomic E-state index is 12.2. The SMILES string of the molecule is CCC(CN)S(=O)(=O)N1CC2CCC1C2. The van der Waals surface area contributed by atoms with Crippen molar-refractivity contribution in [3.05, 3.63) is 0 Å². The topological polar surface area (TPSA) is 63.4 Å². The van der Waals surface area contributed by atoms with Gasteiger partial charge in [-0.2, -0.15) is 4.31 Å². The van der Waals surface area contributed by atoms with Gasteiger partial charge in [-0.15, -0.1) is 0 Å². The highest BCUT2D eigenvalue weighted by atomic mass is 32.2. The van der Waals surface area contributed by atoms with Crippen LogP contribution in [0.2, 0.25) is 0 Å². The molecule has 0 spiro atoms. The van der Waals surface area contributed by atoms with Crippen molar-refractivity contribution in [3.63, 3.8) is 0 Å². The van der Waals surface area contributed by atoms with E-state index in [1.54, 1.807) is 4.31 Å². The highest BCUT2D eigenvalue weighted by molar-refractivity contribution is 7.89. The molecule has 5 heteroatoms. The number of hydrogen-bond acceptors (Lipinski definition) is 3. The molecule has 4 nitrogen and oxygen atoms in total. The van der Waals surface area contributed by atoms with Crippen molar-refractivity contribution in [2.75, 3.05) is 13.1 Å². The Labute approximate surface area is 91.9 Å². The second-order valence-electron chi connectivity index (χ2n) is 4.71. The Morgan fingerprint density at radius 2 is 2.20 bits per heavy atom. The largest absolute Gasteiger partial charge is 0.329 e. The lowest BCUT2D eigenvalue weighted by Crippen LogP contribution is -2.45. The lowest BCUT2D eigenvalue weighted by molar-refractivity contribution is 0.328. The van der Waals surface area contributed by atoms with Crippen LogP contribution in [0.25, 0.3) is 0 Å². The molecular formula is C10H20N2O2S. The molecule has 2 bridgehead atoms. The molecule has 0 amide bonds. The highest BCUT2D eigenvalue weighted by Crippen LogP contribution is 2.39. The first-order chi connectivity index (χ1) is 7.09. The summed E-state index contributed by atoms with van der Waals surface area (Å²) in [5.74, 6) is 0.611. The monoisotopic (exact) mass is 232 g/mol. The molecule has 2 rings (SSSR count). The van der Waals surface area contributed by atoms with Gasteiger partial charge < -0.3 is 5.73 Å². The molecule has 3 atom stereocenters. The fraction of sp³-hybridized carbons (Fsp3) is 1.00. The van der Waals surface area contributed by atoms with E-state index in [9.17, 15) is 8.42 Å². The average molecular weight is 232 g/mol. The molecular weight excluding hydrogens is 212 g/mol. The summed E-state index contributed by atoms with van der Waals surface area (Å²) in [6.07, 6.45) is 3.94. The molecule has 3 unspecified atom stereocenters. The first-order valence-corrected chi connectivity index (χ1v) is 7.30. The number of piperidine rings is 1. The predicted octanol–water partition coefficient (Wildman–Crippen LogP) is 0.538. The van der Waals surface area contributed by atoms with Crippen molar-refractivity contribution >= 4 is 10.0 Å². The molecule has 0 aromatic carbocycles. The van der Waals surface area contributed by atoms with Gasteiger partial charge in [0.15, 0.2) is 0 Å². The fourth-order valence-electron chi connectivity index (χ4n) is 2.88. The van der Waals surface area contributed by atoms with Crippen LogP contribution in [0.3, 0.4) is 0 Å². The summed E-state index contributed by atoms with van der Waals surface area (Å²) in [5.41, 5.74) is 5.53. The smallest absolute Gasteiger partial charge is 0.218 e. The minimum absolute atomic E-state index is 0.243.